The standard InChI is InChI=1S/C21H27ClN4O2S/c22-15-2-4-16(5-3-15)25-11-6-17(7-12-25)26-18-8-13-29(28)19(18)20(24-26)23-21(14-27)9-1-10-21/h2-5,17,27H,1,6-14H2,(H,23,24)/t29-/m0/s1. The number of nitrogens with one attached hydrogen (secondary N) is 1. The fourth-order valence-electron chi connectivity index (χ4n) is 4.79. The summed E-state index contributed by atoms with van der Waals surface area (Å²) in [5, 5.41) is 19.0. The SMILES string of the molecule is O=[S@]1CCc2c1c(NC1(CO)CCC1)nn2C1CCN(c2ccc(Cl)cc2)CC1. The van der Waals surface area contributed by atoms with Crippen LogP contribution in [0.4, 0.5) is 11.5 Å². The van der Waals surface area contributed by atoms with Gasteiger partial charge >= 0.3 is 0 Å². The Hall–Kier alpha value is -1.57. The van der Waals surface area contributed by atoms with Crippen molar-refractivity contribution in [3.8, 4) is 0 Å². The zero-order valence-corrected chi connectivity index (χ0v) is 18.0. The van der Waals surface area contributed by atoms with Gasteiger partial charge in [0.05, 0.1) is 34.7 Å². The molecule has 2 fully saturated rings. The van der Waals surface area contributed by atoms with Crippen LogP contribution in [0.1, 0.15) is 43.8 Å². The Morgan fingerprint density at radius 1 is 1.24 bits per heavy atom. The first-order valence-electron chi connectivity index (χ1n) is 10.5. The number of aliphatic hydroxyl groups is 1. The summed E-state index contributed by atoms with van der Waals surface area (Å²) in [6, 6.07) is 8.35. The van der Waals surface area contributed by atoms with Gasteiger partial charge in [-0.2, -0.15) is 5.10 Å². The van der Waals surface area contributed by atoms with Gasteiger partial charge in [0.2, 0.25) is 0 Å². The number of hydrogen-bond acceptors (Lipinski definition) is 5. The predicted octanol–water partition coefficient (Wildman–Crippen LogP) is 3.37. The Kier molecular flexibility index (Phi) is 5.08. The molecule has 0 spiro atoms. The first-order chi connectivity index (χ1) is 14.1. The second-order valence-corrected chi connectivity index (χ2v) is 10.4. The molecule has 29 heavy (non-hydrogen) atoms. The lowest BCUT2D eigenvalue weighted by Gasteiger charge is -2.41. The lowest BCUT2D eigenvalue weighted by atomic mass is 9.77. The van der Waals surface area contributed by atoms with Gasteiger partial charge in [0.15, 0.2) is 5.82 Å². The van der Waals surface area contributed by atoms with E-state index in [1.54, 1.807) is 0 Å². The number of aliphatic hydroxyl groups excluding tert-OH is 1. The summed E-state index contributed by atoms with van der Waals surface area (Å²) in [4.78, 5) is 3.27. The van der Waals surface area contributed by atoms with Crippen LogP contribution in [0, 0.1) is 0 Å². The van der Waals surface area contributed by atoms with Gasteiger partial charge in [-0.1, -0.05) is 11.6 Å². The molecule has 1 aliphatic carbocycles. The average molecular weight is 435 g/mol. The molecule has 3 heterocycles. The van der Waals surface area contributed by atoms with Crippen molar-refractivity contribution in [3.63, 3.8) is 0 Å². The number of aromatic nitrogens is 2. The largest absolute Gasteiger partial charge is 0.394 e. The van der Waals surface area contributed by atoms with E-state index in [0.717, 1.165) is 73.0 Å². The van der Waals surface area contributed by atoms with Crippen LogP contribution in [-0.2, 0) is 17.2 Å². The molecule has 0 radical (unpaired) electrons. The van der Waals surface area contributed by atoms with E-state index in [-0.39, 0.29) is 12.1 Å². The summed E-state index contributed by atoms with van der Waals surface area (Å²) in [5.74, 6) is 1.42. The predicted molar refractivity (Wildman–Crippen MR) is 116 cm³/mol. The number of rotatable bonds is 5. The van der Waals surface area contributed by atoms with Crippen molar-refractivity contribution < 1.29 is 9.32 Å². The second kappa shape index (κ2) is 7.60. The molecule has 5 rings (SSSR count). The van der Waals surface area contributed by atoms with E-state index in [4.69, 9.17) is 16.7 Å². The van der Waals surface area contributed by atoms with Crippen molar-refractivity contribution in [2.24, 2.45) is 0 Å². The quantitative estimate of drug-likeness (QED) is 0.755. The van der Waals surface area contributed by atoms with Crippen molar-refractivity contribution in [2.45, 2.75) is 55.0 Å². The van der Waals surface area contributed by atoms with Crippen molar-refractivity contribution in [1.29, 1.82) is 0 Å². The highest BCUT2D eigenvalue weighted by atomic mass is 35.5. The first-order valence-corrected chi connectivity index (χ1v) is 12.2. The van der Waals surface area contributed by atoms with Gasteiger partial charge in [0, 0.05) is 36.0 Å². The average Bonchev–Trinajstić information content (AvgIpc) is 3.26. The highest BCUT2D eigenvalue weighted by Gasteiger charge is 2.40. The molecule has 2 aliphatic heterocycles. The van der Waals surface area contributed by atoms with Crippen LogP contribution in [0.25, 0.3) is 0 Å². The van der Waals surface area contributed by atoms with Crippen LogP contribution in [0.3, 0.4) is 0 Å². The fourth-order valence-corrected chi connectivity index (χ4v) is 6.27. The van der Waals surface area contributed by atoms with Crippen LogP contribution < -0.4 is 10.2 Å². The van der Waals surface area contributed by atoms with Gasteiger partial charge in [-0.15, -0.1) is 0 Å². The van der Waals surface area contributed by atoms with Gasteiger partial charge in [-0.25, -0.2) is 0 Å². The number of halogens is 1. The molecular formula is C21H27ClN4O2S. The molecule has 1 saturated heterocycles. The topological polar surface area (TPSA) is 70.4 Å². The summed E-state index contributed by atoms with van der Waals surface area (Å²) in [6.07, 6.45) is 5.83. The Bertz CT molecular complexity index is 912. The number of piperidine rings is 1. The minimum absolute atomic E-state index is 0.0980. The Morgan fingerprint density at radius 2 is 1.97 bits per heavy atom. The third-order valence-electron chi connectivity index (χ3n) is 6.71. The number of fused-ring (bicyclic) bond motifs is 1. The molecule has 6 nitrogen and oxygen atoms in total. The monoisotopic (exact) mass is 434 g/mol. The maximum absolute atomic E-state index is 12.7. The van der Waals surface area contributed by atoms with Crippen molar-refractivity contribution in [1.82, 2.24) is 9.78 Å². The van der Waals surface area contributed by atoms with Gasteiger partial charge in [0.1, 0.15) is 4.90 Å². The van der Waals surface area contributed by atoms with Crippen molar-refractivity contribution in [3.05, 3.63) is 35.0 Å². The third-order valence-corrected chi connectivity index (χ3v) is 8.42. The molecule has 156 valence electrons. The molecular weight excluding hydrogens is 408 g/mol. The van der Waals surface area contributed by atoms with Crippen LogP contribution in [-0.4, -0.2) is 50.1 Å². The molecule has 1 aromatic carbocycles. The highest BCUT2D eigenvalue weighted by Crippen LogP contribution is 2.40. The van der Waals surface area contributed by atoms with E-state index < -0.39 is 10.8 Å². The van der Waals surface area contributed by atoms with Crippen LogP contribution >= 0.6 is 11.6 Å². The lowest BCUT2D eigenvalue weighted by molar-refractivity contribution is 0.143. The van der Waals surface area contributed by atoms with Gasteiger partial charge in [-0.05, 0) is 56.4 Å². The number of hydrogen-bond donors (Lipinski definition) is 2. The van der Waals surface area contributed by atoms with Crippen molar-refractivity contribution in [2.75, 3.05) is 35.7 Å². The van der Waals surface area contributed by atoms with E-state index in [9.17, 15) is 9.32 Å². The molecule has 3 aliphatic rings. The molecule has 2 N–H and O–H groups in total. The van der Waals surface area contributed by atoms with E-state index in [1.165, 1.54) is 5.69 Å². The maximum Gasteiger partial charge on any atom is 0.165 e. The van der Waals surface area contributed by atoms with Gasteiger partial charge < -0.3 is 15.3 Å². The van der Waals surface area contributed by atoms with Crippen LogP contribution in [0.5, 0.6) is 0 Å². The molecule has 8 heteroatoms. The first kappa shape index (κ1) is 19.4. The van der Waals surface area contributed by atoms with E-state index in [0.29, 0.717) is 11.8 Å². The van der Waals surface area contributed by atoms with E-state index in [1.807, 2.05) is 12.1 Å². The molecule has 1 atom stereocenters. The Balaban J connectivity index is 1.35. The van der Waals surface area contributed by atoms with Gasteiger partial charge in [-0.3, -0.25) is 8.89 Å². The zero-order valence-electron chi connectivity index (χ0n) is 16.4. The molecule has 1 saturated carbocycles. The summed E-state index contributed by atoms with van der Waals surface area (Å²) < 4.78 is 14.8. The minimum Gasteiger partial charge on any atom is -0.394 e. The van der Waals surface area contributed by atoms with E-state index >= 15 is 0 Å². The molecule has 2 aromatic rings. The smallest absolute Gasteiger partial charge is 0.165 e. The zero-order chi connectivity index (χ0) is 20.0. The highest BCUT2D eigenvalue weighted by molar-refractivity contribution is 7.85. The third kappa shape index (κ3) is 3.47. The maximum atomic E-state index is 12.7. The molecule has 0 unspecified atom stereocenters. The summed E-state index contributed by atoms with van der Waals surface area (Å²) >= 11 is 6.02. The fraction of sp³-hybridized carbons (Fsp3) is 0.571. The lowest BCUT2D eigenvalue weighted by Crippen LogP contribution is -2.48. The van der Waals surface area contributed by atoms with Gasteiger partial charge in [0.25, 0.3) is 0 Å². The summed E-state index contributed by atoms with van der Waals surface area (Å²) in [7, 11) is -0.997. The summed E-state index contributed by atoms with van der Waals surface area (Å²) in [5.41, 5.74) is 2.05. The van der Waals surface area contributed by atoms with Crippen LogP contribution in [0.15, 0.2) is 29.2 Å². The second-order valence-electron chi connectivity index (χ2n) is 8.48. The Morgan fingerprint density at radius 3 is 2.59 bits per heavy atom. The minimum atomic E-state index is -0.997. The normalized spacial score (nSPS) is 23.7. The molecule has 0 bridgehead atoms. The Labute approximate surface area is 178 Å². The molecule has 1 aromatic heterocycles. The van der Waals surface area contributed by atoms with Crippen LogP contribution in [0.2, 0.25) is 5.02 Å². The summed E-state index contributed by atoms with van der Waals surface area (Å²) in [6.45, 7) is 2.03. The molecule has 0 amide bonds. The number of benzene rings is 1. The number of anilines is 2. The van der Waals surface area contributed by atoms with Crippen molar-refractivity contribution >= 4 is 33.9 Å². The number of nitrogens with zero attached hydrogens (tertiary/aromatic N) is 3. The van der Waals surface area contributed by atoms with E-state index in [2.05, 4.69) is 27.0 Å².